The molecule has 0 spiro atoms. The van der Waals surface area contributed by atoms with E-state index in [9.17, 15) is 24.6 Å². The summed E-state index contributed by atoms with van der Waals surface area (Å²) in [6, 6.07) is -0.680. The number of fused-ring (bicyclic) bond motifs is 7. The number of nitrogens with one attached hydrogen (secondary N) is 2. The van der Waals surface area contributed by atoms with Crippen molar-refractivity contribution in [3.05, 3.63) is 35.6 Å². The highest BCUT2D eigenvalue weighted by molar-refractivity contribution is 6.27. The maximum atomic E-state index is 12.8. The average Bonchev–Trinajstić information content (AvgIpc) is 3.46. The van der Waals surface area contributed by atoms with Crippen LogP contribution in [0.5, 0.6) is 0 Å². The second-order valence-electron chi connectivity index (χ2n) is 11.8. The topological polar surface area (TPSA) is 116 Å². The molecule has 0 aromatic carbocycles. The Morgan fingerprint density at radius 3 is 2.64 bits per heavy atom. The first kappa shape index (κ1) is 25.2. The Bertz CT molecular complexity index is 1000. The lowest BCUT2D eigenvalue weighted by Crippen LogP contribution is -2.43. The number of ketones is 1. The number of carbonyl (C=O) groups is 3. The number of hydrogen-bond acceptors (Lipinski definition) is 5. The Morgan fingerprint density at radius 1 is 1.06 bits per heavy atom. The van der Waals surface area contributed by atoms with Gasteiger partial charge in [-0.05, 0) is 98.0 Å². The van der Waals surface area contributed by atoms with E-state index in [1.807, 2.05) is 12.2 Å². The maximum absolute atomic E-state index is 12.8. The number of aliphatic hydroxyl groups is 2. The number of amides is 2. The fourth-order valence-electron chi connectivity index (χ4n) is 8.49. The van der Waals surface area contributed by atoms with Gasteiger partial charge in [0, 0.05) is 6.54 Å². The molecular weight excluding hydrogens is 456 g/mol. The van der Waals surface area contributed by atoms with Crippen LogP contribution < -0.4 is 10.6 Å². The minimum Gasteiger partial charge on any atom is -0.507 e. The molecule has 3 saturated carbocycles. The van der Waals surface area contributed by atoms with E-state index in [0.717, 1.165) is 18.8 Å². The van der Waals surface area contributed by atoms with Crippen molar-refractivity contribution < 1.29 is 24.6 Å². The van der Waals surface area contributed by atoms with Gasteiger partial charge in [-0.15, -0.1) is 0 Å². The molecule has 0 aromatic rings. The zero-order valence-electron chi connectivity index (χ0n) is 21.4. The Balaban J connectivity index is 1.46. The molecule has 5 rings (SSSR count). The van der Waals surface area contributed by atoms with Crippen LogP contribution in [0.2, 0.25) is 0 Å². The van der Waals surface area contributed by atoms with Gasteiger partial charge in [-0.25, -0.2) is 0 Å². The van der Waals surface area contributed by atoms with E-state index in [0.29, 0.717) is 49.5 Å². The smallest absolute Gasteiger partial charge is 0.259 e. The zero-order chi connectivity index (χ0) is 25.6. The molecule has 1 saturated heterocycles. The summed E-state index contributed by atoms with van der Waals surface area (Å²) in [6.07, 6.45) is 12.3. The molecule has 4 fully saturated rings. The van der Waals surface area contributed by atoms with Crippen molar-refractivity contribution in [2.24, 2.45) is 47.3 Å². The molecule has 2 amide bonds. The fraction of sp³-hybridized carbons (Fsp3) is 0.690. The number of aliphatic hydroxyl groups excluding tert-OH is 2. The molecule has 0 radical (unpaired) electrons. The van der Waals surface area contributed by atoms with Crippen LogP contribution in [0, 0.1) is 47.3 Å². The third kappa shape index (κ3) is 4.44. The number of carbonyl (C=O) groups excluding carboxylic acids is 3. The molecule has 3 aliphatic carbocycles. The summed E-state index contributed by atoms with van der Waals surface area (Å²) in [5.41, 5.74) is -0.187. The van der Waals surface area contributed by atoms with E-state index >= 15 is 0 Å². The molecule has 7 heteroatoms. The van der Waals surface area contributed by atoms with Crippen LogP contribution in [0.25, 0.3) is 0 Å². The van der Waals surface area contributed by atoms with Crippen LogP contribution in [0.15, 0.2) is 35.6 Å². The third-order valence-electron chi connectivity index (χ3n) is 10.1. The van der Waals surface area contributed by atoms with Gasteiger partial charge in [-0.2, -0.15) is 0 Å². The normalized spacial score (nSPS) is 46.9. The lowest BCUT2D eigenvalue weighted by Gasteiger charge is -2.44. The highest BCUT2D eigenvalue weighted by Crippen LogP contribution is 2.62. The fourth-order valence-corrected chi connectivity index (χ4v) is 8.49. The maximum Gasteiger partial charge on any atom is 0.259 e. The van der Waals surface area contributed by atoms with Gasteiger partial charge in [0.2, 0.25) is 5.91 Å². The minimum atomic E-state index is -0.680. The first-order valence-electron chi connectivity index (χ1n) is 13.9. The summed E-state index contributed by atoms with van der Waals surface area (Å²) in [4.78, 5) is 37.6. The van der Waals surface area contributed by atoms with Crippen LogP contribution >= 0.6 is 0 Å². The first-order valence-corrected chi connectivity index (χ1v) is 13.9. The summed E-state index contributed by atoms with van der Waals surface area (Å²) in [7, 11) is 0. The lowest BCUT2D eigenvalue weighted by molar-refractivity contribution is -0.118. The molecule has 0 unspecified atom stereocenters. The van der Waals surface area contributed by atoms with E-state index in [1.54, 1.807) is 6.08 Å². The van der Waals surface area contributed by atoms with Crippen LogP contribution in [-0.4, -0.2) is 46.5 Å². The quantitative estimate of drug-likeness (QED) is 0.416. The molecule has 2 heterocycles. The number of allylic oxidation sites excluding steroid dienone is 3. The lowest BCUT2D eigenvalue weighted by atomic mass is 9.62. The number of Topliss-reactive ketones (excluding diaryl/α,β-unsaturated/α-hetero) is 1. The Kier molecular flexibility index (Phi) is 7.12. The van der Waals surface area contributed by atoms with Crippen molar-refractivity contribution in [2.75, 3.05) is 6.54 Å². The van der Waals surface area contributed by atoms with Crippen molar-refractivity contribution >= 4 is 17.6 Å². The summed E-state index contributed by atoms with van der Waals surface area (Å²) in [6.45, 7) is 5.05. The van der Waals surface area contributed by atoms with E-state index in [4.69, 9.17) is 0 Å². The Morgan fingerprint density at radius 2 is 1.86 bits per heavy atom. The zero-order valence-corrected chi connectivity index (χ0v) is 21.4. The van der Waals surface area contributed by atoms with Gasteiger partial charge in [0.15, 0.2) is 5.78 Å². The molecule has 0 aromatic heterocycles. The van der Waals surface area contributed by atoms with E-state index in [-0.39, 0.29) is 35.0 Å². The van der Waals surface area contributed by atoms with Crippen LogP contribution in [0.1, 0.15) is 58.8 Å². The monoisotopic (exact) mass is 496 g/mol. The SMILES string of the molecule is CC[C@@H]1C[C@H]2C[C@H]3[C@@H]4C/C=C\C(=O)NCCC[C@@H]5NC(=O)/C(=C(O)/C=C/[C@H]4C[C@@H](O)[C@@H]3[C@H]2[C@@H]1C)C5=O. The van der Waals surface area contributed by atoms with Gasteiger partial charge in [0.1, 0.15) is 11.3 Å². The van der Waals surface area contributed by atoms with Gasteiger partial charge >= 0.3 is 0 Å². The number of rotatable bonds is 1. The van der Waals surface area contributed by atoms with Crippen molar-refractivity contribution in [1.29, 1.82) is 0 Å². The van der Waals surface area contributed by atoms with E-state index < -0.39 is 23.8 Å². The van der Waals surface area contributed by atoms with Gasteiger partial charge in [0.05, 0.1) is 12.1 Å². The average molecular weight is 497 g/mol. The first-order chi connectivity index (χ1) is 17.3. The minimum absolute atomic E-state index is 0.0175. The predicted molar refractivity (Wildman–Crippen MR) is 135 cm³/mol. The molecule has 36 heavy (non-hydrogen) atoms. The van der Waals surface area contributed by atoms with Crippen LogP contribution in [-0.2, 0) is 14.4 Å². The molecular formula is C29H40N2O5. The molecule has 10 atom stereocenters. The van der Waals surface area contributed by atoms with Gasteiger partial charge < -0.3 is 20.8 Å². The standard InChI is InChI=1S/C29H40N2O5/c1-3-16-12-18-13-20-19-6-4-8-24(34)30-11-5-7-21-28(35)27(29(36)31-21)22(32)10-9-17(19)14-23(33)26(20)25(18)15(16)2/h4,8-10,15-21,23,25-26,32-33H,3,5-7,11-14H2,1-2H3,(H,30,34)(H,31,36)/b8-4-,10-9+,27-22-/t15-,16-,17+,18+,19-,20+,21+,23-,25+,26-/m1/s1. The van der Waals surface area contributed by atoms with Gasteiger partial charge in [-0.1, -0.05) is 32.4 Å². The molecule has 2 aliphatic heterocycles. The Hall–Kier alpha value is -2.41. The van der Waals surface area contributed by atoms with E-state index in [2.05, 4.69) is 24.5 Å². The van der Waals surface area contributed by atoms with Crippen molar-refractivity contribution in [2.45, 2.75) is 70.9 Å². The van der Waals surface area contributed by atoms with Crippen LogP contribution in [0.4, 0.5) is 0 Å². The third-order valence-corrected chi connectivity index (χ3v) is 10.1. The second kappa shape index (κ2) is 10.2. The molecule has 196 valence electrons. The summed E-state index contributed by atoms with van der Waals surface area (Å²) >= 11 is 0. The second-order valence-corrected chi connectivity index (χ2v) is 11.8. The van der Waals surface area contributed by atoms with Gasteiger partial charge in [-0.3, -0.25) is 14.4 Å². The highest BCUT2D eigenvalue weighted by atomic mass is 16.3. The van der Waals surface area contributed by atoms with Crippen molar-refractivity contribution in [3.8, 4) is 0 Å². The highest BCUT2D eigenvalue weighted by Gasteiger charge is 2.57. The van der Waals surface area contributed by atoms with Crippen molar-refractivity contribution in [1.82, 2.24) is 10.6 Å². The molecule has 2 bridgehead atoms. The molecule has 7 nitrogen and oxygen atoms in total. The summed E-state index contributed by atoms with van der Waals surface area (Å²) < 4.78 is 0. The molecule has 5 aliphatic rings. The number of hydrogen-bond donors (Lipinski definition) is 4. The summed E-state index contributed by atoms with van der Waals surface area (Å²) in [5.74, 6) is 1.94. The van der Waals surface area contributed by atoms with Crippen molar-refractivity contribution in [3.63, 3.8) is 0 Å². The predicted octanol–water partition coefficient (Wildman–Crippen LogP) is 3.21. The summed E-state index contributed by atoms with van der Waals surface area (Å²) in [5, 5.41) is 27.6. The van der Waals surface area contributed by atoms with Crippen LogP contribution in [0.3, 0.4) is 0 Å². The van der Waals surface area contributed by atoms with Gasteiger partial charge in [0.25, 0.3) is 5.91 Å². The largest absolute Gasteiger partial charge is 0.507 e. The molecule has 4 N–H and O–H groups in total. The Labute approximate surface area is 213 Å². The van der Waals surface area contributed by atoms with E-state index in [1.165, 1.54) is 18.9 Å².